The largest absolute Gasteiger partial charge is 0.469 e. The van der Waals surface area contributed by atoms with Crippen LogP contribution in [0.2, 0.25) is 0 Å². The fourth-order valence-corrected chi connectivity index (χ4v) is 2.46. The van der Waals surface area contributed by atoms with Crippen molar-refractivity contribution in [1.82, 2.24) is 9.88 Å². The van der Waals surface area contributed by atoms with E-state index < -0.39 is 0 Å². The average Bonchev–Trinajstić information content (AvgIpc) is 2.53. The highest BCUT2D eigenvalue weighted by molar-refractivity contribution is 5.95. The van der Waals surface area contributed by atoms with E-state index in [0.29, 0.717) is 31.5 Å². The first-order chi connectivity index (χ1) is 10.0. The van der Waals surface area contributed by atoms with Crippen molar-refractivity contribution in [2.45, 2.75) is 12.8 Å². The van der Waals surface area contributed by atoms with Crippen molar-refractivity contribution in [1.29, 1.82) is 0 Å². The van der Waals surface area contributed by atoms with E-state index in [0.717, 1.165) is 5.82 Å². The maximum Gasteiger partial charge on any atom is 0.308 e. The first-order valence-corrected chi connectivity index (χ1v) is 7.03. The molecule has 1 amide bonds. The normalized spacial score (nSPS) is 15.7. The minimum Gasteiger partial charge on any atom is -0.469 e. The van der Waals surface area contributed by atoms with Gasteiger partial charge in [-0.15, -0.1) is 0 Å². The van der Waals surface area contributed by atoms with Crippen LogP contribution in [0, 0.1) is 5.92 Å². The Hall–Kier alpha value is -2.11. The van der Waals surface area contributed by atoms with E-state index in [1.807, 2.05) is 19.0 Å². The Morgan fingerprint density at radius 2 is 2.00 bits per heavy atom. The molecule has 2 heterocycles. The molecule has 1 fully saturated rings. The fraction of sp³-hybridized carbons (Fsp3) is 0.533. The number of carbonyl (C=O) groups is 2. The molecule has 6 nitrogen and oxygen atoms in total. The third-order valence-corrected chi connectivity index (χ3v) is 3.77. The number of carbonyl (C=O) groups excluding carboxylic acids is 2. The summed E-state index contributed by atoms with van der Waals surface area (Å²) in [5.41, 5.74) is 0.630. The molecule has 0 atom stereocenters. The summed E-state index contributed by atoms with van der Waals surface area (Å²) in [5, 5.41) is 0. The summed E-state index contributed by atoms with van der Waals surface area (Å²) >= 11 is 0. The molecule has 114 valence electrons. The van der Waals surface area contributed by atoms with Gasteiger partial charge in [0.2, 0.25) is 0 Å². The van der Waals surface area contributed by atoms with Crippen LogP contribution >= 0.6 is 0 Å². The van der Waals surface area contributed by atoms with Crippen molar-refractivity contribution in [2.75, 3.05) is 39.2 Å². The van der Waals surface area contributed by atoms with Crippen molar-refractivity contribution in [3.8, 4) is 0 Å². The molecule has 0 N–H and O–H groups in total. The number of piperidine rings is 1. The molecular weight excluding hydrogens is 270 g/mol. The third-order valence-electron chi connectivity index (χ3n) is 3.77. The van der Waals surface area contributed by atoms with Gasteiger partial charge in [-0.05, 0) is 25.0 Å². The molecule has 1 aliphatic rings. The minimum absolute atomic E-state index is 0.0104. The van der Waals surface area contributed by atoms with Crippen LogP contribution in [-0.4, -0.2) is 56.1 Å². The molecular formula is C15H21N3O3. The van der Waals surface area contributed by atoms with Crippen molar-refractivity contribution in [3.63, 3.8) is 0 Å². The second-order valence-electron chi connectivity index (χ2n) is 5.39. The topological polar surface area (TPSA) is 62.7 Å². The third kappa shape index (κ3) is 3.51. The number of rotatable bonds is 3. The van der Waals surface area contributed by atoms with Crippen molar-refractivity contribution >= 4 is 17.7 Å². The second-order valence-corrected chi connectivity index (χ2v) is 5.39. The van der Waals surface area contributed by atoms with Crippen LogP contribution in [0.25, 0.3) is 0 Å². The summed E-state index contributed by atoms with van der Waals surface area (Å²) in [6, 6.07) is 3.51. The van der Waals surface area contributed by atoms with Gasteiger partial charge in [0.25, 0.3) is 5.91 Å². The summed E-state index contributed by atoms with van der Waals surface area (Å²) in [5.74, 6) is 0.476. The molecule has 1 aromatic heterocycles. The van der Waals surface area contributed by atoms with Gasteiger partial charge in [0.1, 0.15) is 5.82 Å². The summed E-state index contributed by atoms with van der Waals surface area (Å²) in [6.45, 7) is 1.16. The summed E-state index contributed by atoms with van der Waals surface area (Å²) in [4.78, 5) is 31.8. The molecule has 0 radical (unpaired) electrons. The zero-order valence-electron chi connectivity index (χ0n) is 12.7. The van der Waals surface area contributed by atoms with Gasteiger partial charge >= 0.3 is 5.97 Å². The number of amides is 1. The van der Waals surface area contributed by atoms with E-state index in [4.69, 9.17) is 4.74 Å². The molecule has 1 aromatic rings. The van der Waals surface area contributed by atoms with E-state index in [2.05, 4.69) is 4.98 Å². The summed E-state index contributed by atoms with van der Waals surface area (Å²) < 4.78 is 4.76. The number of pyridine rings is 1. The van der Waals surface area contributed by atoms with Crippen LogP contribution in [0.3, 0.4) is 0 Å². The van der Waals surface area contributed by atoms with Crippen LogP contribution in [0.1, 0.15) is 23.2 Å². The fourth-order valence-electron chi connectivity index (χ4n) is 2.46. The maximum atomic E-state index is 12.5. The predicted octanol–water partition coefficient (Wildman–Crippen LogP) is 1.17. The lowest BCUT2D eigenvalue weighted by Gasteiger charge is -2.30. The Balaban J connectivity index is 2.02. The first kappa shape index (κ1) is 15.3. The second kappa shape index (κ2) is 6.56. The highest BCUT2D eigenvalue weighted by atomic mass is 16.5. The van der Waals surface area contributed by atoms with Crippen LogP contribution in [0.15, 0.2) is 18.3 Å². The Morgan fingerprint density at radius 3 is 2.57 bits per heavy atom. The molecule has 0 saturated carbocycles. The smallest absolute Gasteiger partial charge is 0.308 e. The Labute approximate surface area is 124 Å². The number of aromatic nitrogens is 1. The van der Waals surface area contributed by atoms with Gasteiger partial charge in [0.05, 0.1) is 13.0 Å². The number of nitrogens with zero attached hydrogens (tertiary/aromatic N) is 3. The summed E-state index contributed by atoms with van der Waals surface area (Å²) in [7, 11) is 5.18. The van der Waals surface area contributed by atoms with Crippen molar-refractivity contribution in [2.24, 2.45) is 5.92 Å². The zero-order chi connectivity index (χ0) is 15.4. The first-order valence-electron chi connectivity index (χ1n) is 7.03. The van der Waals surface area contributed by atoms with Crippen LogP contribution < -0.4 is 4.90 Å². The highest BCUT2D eigenvalue weighted by Crippen LogP contribution is 2.21. The molecule has 0 aromatic carbocycles. The van der Waals surface area contributed by atoms with Crippen molar-refractivity contribution in [3.05, 3.63) is 23.9 Å². The molecule has 21 heavy (non-hydrogen) atoms. The van der Waals surface area contributed by atoms with Gasteiger partial charge < -0.3 is 14.5 Å². The number of esters is 1. The van der Waals surface area contributed by atoms with Gasteiger partial charge in [0, 0.05) is 38.9 Å². The van der Waals surface area contributed by atoms with E-state index in [-0.39, 0.29) is 17.8 Å². The monoisotopic (exact) mass is 291 g/mol. The Kier molecular flexibility index (Phi) is 4.77. The zero-order valence-corrected chi connectivity index (χ0v) is 12.7. The van der Waals surface area contributed by atoms with Gasteiger partial charge in [-0.1, -0.05) is 0 Å². The number of hydrogen-bond donors (Lipinski definition) is 0. The highest BCUT2D eigenvalue weighted by Gasteiger charge is 2.28. The molecule has 1 saturated heterocycles. The summed E-state index contributed by atoms with van der Waals surface area (Å²) in [6.07, 6.45) is 2.96. The SMILES string of the molecule is COC(=O)C1CCN(C(=O)c2ccnc(N(C)C)c2)CC1. The minimum atomic E-state index is -0.180. The number of anilines is 1. The van der Waals surface area contributed by atoms with E-state index in [9.17, 15) is 9.59 Å². The maximum absolute atomic E-state index is 12.5. The number of ether oxygens (including phenoxy) is 1. The van der Waals surface area contributed by atoms with Gasteiger partial charge in [-0.2, -0.15) is 0 Å². The number of methoxy groups -OCH3 is 1. The molecule has 6 heteroatoms. The molecule has 1 aliphatic heterocycles. The molecule has 2 rings (SSSR count). The quantitative estimate of drug-likeness (QED) is 0.782. The number of likely N-dealkylation sites (tertiary alicyclic amines) is 1. The number of hydrogen-bond acceptors (Lipinski definition) is 5. The van der Waals surface area contributed by atoms with E-state index in [1.54, 1.807) is 23.2 Å². The van der Waals surface area contributed by atoms with Gasteiger partial charge in [0.15, 0.2) is 0 Å². The van der Waals surface area contributed by atoms with Crippen LogP contribution in [0.4, 0.5) is 5.82 Å². The Bertz CT molecular complexity index is 523. The lowest BCUT2D eigenvalue weighted by Crippen LogP contribution is -2.40. The van der Waals surface area contributed by atoms with Crippen LogP contribution in [0.5, 0.6) is 0 Å². The predicted molar refractivity (Wildman–Crippen MR) is 79.2 cm³/mol. The van der Waals surface area contributed by atoms with Gasteiger partial charge in [-0.3, -0.25) is 9.59 Å². The molecule has 0 aliphatic carbocycles. The van der Waals surface area contributed by atoms with E-state index >= 15 is 0 Å². The van der Waals surface area contributed by atoms with Gasteiger partial charge in [-0.25, -0.2) is 4.98 Å². The molecule has 0 bridgehead atoms. The standard InChI is InChI=1S/C15H21N3O3/c1-17(2)13-10-12(4-7-16-13)14(19)18-8-5-11(6-9-18)15(20)21-3/h4,7,10-11H,5-6,8-9H2,1-3H3. The van der Waals surface area contributed by atoms with Crippen LogP contribution in [-0.2, 0) is 9.53 Å². The molecule has 0 spiro atoms. The van der Waals surface area contributed by atoms with E-state index in [1.165, 1.54) is 7.11 Å². The Morgan fingerprint density at radius 1 is 1.33 bits per heavy atom. The average molecular weight is 291 g/mol. The lowest BCUT2D eigenvalue weighted by atomic mass is 9.96. The molecule has 0 unspecified atom stereocenters. The van der Waals surface area contributed by atoms with Crippen molar-refractivity contribution < 1.29 is 14.3 Å². The lowest BCUT2D eigenvalue weighted by molar-refractivity contribution is -0.146.